The Morgan fingerprint density at radius 1 is 1.75 bits per heavy atom. The maximum absolute atomic E-state index is 10.8. The number of carbonyl (C=O) groups excluding carboxylic acids is 1. The topological polar surface area (TPSA) is 46.5 Å². The van der Waals surface area contributed by atoms with Gasteiger partial charge in [-0.1, -0.05) is 0 Å². The molecule has 12 heavy (non-hydrogen) atoms. The molecule has 0 amide bonds. The Hall–Kier alpha value is 0.0700. The summed E-state index contributed by atoms with van der Waals surface area (Å²) in [7, 11) is 0. The fourth-order valence-corrected chi connectivity index (χ4v) is 1.52. The molecule has 1 unspecified atom stereocenters. The zero-order chi connectivity index (χ0) is 9.40. The number of alkyl halides is 1. The van der Waals surface area contributed by atoms with E-state index in [0.717, 1.165) is 0 Å². The maximum Gasteiger partial charge on any atom is 0.315 e. The minimum atomic E-state index is -0.536. The summed E-state index contributed by atoms with van der Waals surface area (Å²) in [6.07, 6.45) is -0.536. The van der Waals surface area contributed by atoms with Crippen molar-refractivity contribution < 1.29 is 14.6 Å². The molecular weight excluding hydrogens is 200 g/mol. The highest BCUT2D eigenvalue weighted by atomic mass is 35.5. The van der Waals surface area contributed by atoms with Gasteiger partial charge in [-0.05, 0) is 6.92 Å². The second kappa shape index (κ2) is 7.71. The molecule has 0 rings (SSSR count). The van der Waals surface area contributed by atoms with Crippen LogP contribution in [0.25, 0.3) is 0 Å². The molecule has 0 spiro atoms. The fraction of sp³-hybridized carbons (Fsp3) is 0.857. The number of aliphatic hydroxyl groups is 1. The predicted octanol–water partition coefficient (Wildman–Crippen LogP) is 0.882. The second-order valence-corrected chi connectivity index (χ2v) is 3.47. The highest BCUT2D eigenvalue weighted by Crippen LogP contribution is 2.04. The molecular formula is C7H13ClO3S. The van der Waals surface area contributed by atoms with E-state index in [1.54, 1.807) is 6.92 Å². The molecule has 0 aromatic heterocycles. The minimum Gasteiger partial charge on any atom is -0.465 e. The lowest BCUT2D eigenvalue weighted by Crippen LogP contribution is -2.14. The van der Waals surface area contributed by atoms with E-state index in [9.17, 15) is 4.79 Å². The number of carbonyl (C=O) groups is 1. The van der Waals surface area contributed by atoms with E-state index < -0.39 is 6.10 Å². The van der Waals surface area contributed by atoms with Gasteiger partial charge >= 0.3 is 5.97 Å². The Kier molecular flexibility index (Phi) is 7.75. The molecule has 1 atom stereocenters. The van der Waals surface area contributed by atoms with Crippen LogP contribution in [0.4, 0.5) is 0 Å². The van der Waals surface area contributed by atoms with Crippen LogP contribution in [0.5, 0.6) is 0 Å². The summed E-state index contributed by atoms with van der Waals surface area (Å²) in [5.41, 5.74) is 0. The number of aliphatic hydroxyl groups excluding tert-OH is 1. The average Bonchev–Trinajstić information content (AvgIpc) is 2.04. The van der Waals surface area contributed by atoms with Gasteiger partial charge in [0, 0.05) is 11.6 Å². The lowest BCUT2D eigenvalue weighted by molar-refractivity contribution is -0.139. The summed E-state index contributed by atoms with van der Waals surface area (Å²) >= 11 is 6.67. The average molecular weight is 213 g/mol. The summed E-state index contributed by atoms with van der Waals surface area (Å²) in [4.78, 5) is 10.8. The van der Waals surface area contributed by atoms with Crippen molar-refractivity contribution in [3.05, 3.63) is 0 Å². The fourth-order valence-electron chi connectivity index (χ4n) is 0.525. The van der Waals surface area contributed by atoms with E-state index in [-0.39, 0.29) is 17.6 Å². The lowest BCUT2D eigenvalue weighted by Gasteiger charge is -2.05. The second-order valence-electron chi connectivity index (χ2n) is 2.13. The Morgan fingerprint density at radius 2 is 2.42 bits per heavy atom. The molecule has 0 aliphatic carbocycles. The van der Waals surface area contributed by atoms with Crippen LogP contribution in [-0.4, -0.2) is 41.2 Å². The van der Waals surface area contributed by atoms with Crippen molar-refractivity contribution in [3.8, 4) is 0 Å². The monoisotopic (exact) mass is 212 g/mol. The van der Waals surface area contributed by atoms with E-state index in [0.29, 0.717) is 12.4 Å². The van der Waals surface area contributed by atoms with E-state index in [1.165, 1.54) is 11.8 Å². The van der Waals surface area contributed by atoms with Crippen molar-refractivity contribution in [1.29, 1.82) is 0 Å². The Balaban J connectivity index is 3.24. The third-order valence-corrected chi connectivity index (χ3v) is 2.43. The van der Waals surface area contributed by atoms with Crippen molar-refractivity contribution >= 4 is 29.3 Å². The van der Waals surface area contributed by atoms with Gasteiger partial charge in [-0.25, -0.2) is 0 Å². The summed E-state index contributed by atoms with van der Waals surface area (Å²) in [5, 5.41) is 9.00. The lowest BCUT2D eigenvalue weighted by atomic mass is 10.5. The van der Waals surface area contributed by atoms with Gasteiger partial charge in [0.2, 0.25) is 0 Å². The highest BCUT2D eigenvalue weighted by Gasteiger charge is 2.05. The molecule has 0 aliphatic heterocycles. The van der Waals surface area contributed by atoms with E-state index in [1.807, 2.05) is 0 Å². The smallest absolute Gasteiger partial charge is 0.315 e. The van der Waals surface area contributed by atoms with Crippen LogP contribution in [0, 0.1) is 0 Å². The summed E-state index contributed by atoms with van der Waals surface area (Å²) in [6, 6.07) is 0. The Morgan fingerprint density at radius 3 is 2.92 bits per heavy atom. The first-order chi connectivity index (χ1) is 5.70. The van der Waals surface area contributed by atoms with Crippen LogP contribution in [0.1, 0.15) is 6.92 Å². The van der Waals surface area contributed by atoms with Crippen molar-refractivity contribution in [3.63, 3.8) is 0 Å². The molecule has 3 nitrogen and oxygen atoms in total. The van der Waals surface area contributed by atoms with Crippen LogP contribution in [0.15, 0.2) is 0 Å². The van der Waals surface area contributed by atoms with Crippen LogP contribution in [-0.2, 0) is 9.53 Å². The normalized spacial score (nSPS) is 12.6. The van der Waals surface area contributed by atoms with Crippen molar-refractivity contribution in [2.24, 2.45) is 0 Å². The zero-order valence-electron chi connectivity index (χ0n) is 6.96. The number of rotatable bonds is 6. The SMILES string of the molecule is CCOC(=O)CSCC(O)CCl. The van der Waals surface area contributed by atoms with Gasteiger partial charge in [0.05, 0.1) is 18.5 Å². The van der Waals surface area contributed by atoms with Crippen LogP contribution >= 0.6 is 23.4 Å². The third-order valence-electron chi connectivity index (χ3n) is 1.01. The molecule has 0 fully saturated rings. The number of hydrogen-bond acceptors (Lipinski definition) is 4. The first kappa shape index (κ1) is 12.1. The molecule has 0 aromatic carbocycles. The molecule has 0 radical (unpaired) electrons. The van der Waals surface area contributed by atoms with Crippen LogP contribution in [0.3, 0.4) is 0 Å². The van der Waals surface area contributed by atoms with Gasteiger partial charge in [-0.3, -0.25) is 4.79 Å². The Labute approximate surface area is 81.4 Å². The molecule has 0 aliphatic rings. The van der Waals surface area contributed by atoms with Gasteiger partial charge in [0.1, 0.15) is 0 Å². The van der Waals surface area contributed by atoms with E-state index in [4.69, 9.17) is 16.7 Å². The van der Waals surface area contributed by atoms with Gasteiger partial charge in [-0.15, -0.1) is 23.4 Å². The molecule has 0 bridgehead atoms. The first-order valence-corrected chi connectivity index (χ1v) is 5.37. The first-order valence-electron chi connectivity index (χ1n) is 3.68. The number of esters is 1. The number of ether oxygens (including phenoxy) is 1. The molecule has 1 N–H and O–H groups in total. The van der Waals surface area contributed by atoms with Gasteiger partial charge in [0.15, 0.2) is 0 Å². The van der Waals surface area contributed by atoms with Gasteiger partial charge in [-0.2, -0.15) is 0 Å². The molecule has 5 heteroatoms. The van der Waals surface area contributed by atoms with Gasteiger partial charge < -0.3 is 9.84 Å². The van der Waals surface area contributed by atoms with Crippen LogP contribution < -0.4 is 0 Å². The van der Waals surface area contributed by atoms with Gasteiger partial charge in [0.25, 0.3) is 0 Å². The summed E-state index contributed by atoms with van der Waals surface area (Å²) in [6.45, 7) is 2.16. The highest BCUT2D eigenvalue weighted by molar-refractivity contribution is 7.99. The summed E-state index contributed by atoms with van der Waals surface area (Å²) < 4.78 is 4.68. The zero-order valence-corrected chi connectivity index (χ0v) is 8.53. The molecule has 0 saturated carbocycles. The standard InChI is InChI=1S/C7H13ClO3S/c1-2-11-7(10)5-12-4-6(9)3-8/h6,9H,2-5H2,1H3. The third kappa shape index (κ3) is 6.76. The van der Waals surface area contributed by atoms with Crippen molar-refractivity contribution in [1.82, 2.24) is 0 Å². The predicted molar refractivity (Wildman–Crippen MR) is 50.7 cm³/mol. The molecule has 0 aromatic rings. The number of hydrogen-bond donors (Lipinski definition) is 1. The quantitative estimate of drug-likeness (QED) is 0.525. The number of thioether (sulfide) groups is 1. The minimum absolute atomic E-state index is 0.204. The summed E-state index contributed by atoms with van der Waals surface area (Å²) in [5.74, 6) is 0.712. The van der Waals surface area contributed by atoms with E-state index >= 15 is 0 Å². The number of halogens is 1. The van der Waals surface area contributed by atoms with E-state index in [2.05, 4.69) is 4.74 Å². The van der Waals surface area contributed by atoms with Crippen molar-refractivity contribution in [2.45, 2.75) is 13.0 Å². The van der Waals surface area contributed by atoms with Crippen molar-refractivity contribution in [2.75, 3.05) is 24.0 Å². The molecule has 72 valence electrons. The maximum atomic E-state index is 10.8. The molecule has 0 heterocycles. The largest absolute Gasteiger partial charge is 0.465 e. The van der Waals surface area contributed by atoms with Crippen LogP contribution in [0.2, 0.25) is 0 Å². The molecule has 0 saturated heterocycles. The Bertz CT molecular complexity index is 132.